The molecular formula is C19H17NO3. The van der Waals surface area contributed by atoms with Gasteiger partial charge in [0.1, 0.15) is 6.10 Å². The van der Waals surface area contributed by atoms with E-state index in [2.05, 4.69) is 0 Å². The lowest BCUT2D eigenvalue weighted by molar-refractivity contribution is -0.385. The van der Waals surface area contributed by atoms with Crippen LogP contribution in [0.2, 0.25) is 0 Å². The number of aliphatic hydroxyl groups is 1. The van der Waals surface area contributed by atoms with Gasteiger partial charge in [0.15, 0.2) is 0 Å². The molecular weight excluding hydrogens is 290 g/mol. The van der Waals surface area contributed by atoms with Crippen molar-refractivity contribution in [3.05, 3.63) is 87.0 Å². The van der Waals surface area contributed by atoms with Gasteiger partial charge >= 0.3 is 0 Å². The molecule has 3 aromatic carbocycles. The molecule has 0 heterocycles. The van der Waals surface area contributed by atoms with E-state index in [1.165, 1.54) is 6.07 Å². The van der Waals surface area contributed by atoms with Crippen LogP contribution in [0.3, 0.4) is 0 Å². The number of nitro benzene ring substituents is 1. The first kappa shape index (κ1) is 15.2. The summed E-state index contributed by atoms with van der Waals surface area (Å²) < 4.78 is 0. The van der Waals surface area contributed by atoms with Gasteiger partial charge in [0.25, 0.3) is 5.69 Å². The zero-order chi connectivity index (χ0) is 16.6. The quantitative estimate of drug-likeness (QED) is 0.574. The molecule has 3 aromatic rings. The first-order chi connectivity index (χ1) is 11.0. The second-order valence-corrected chi connectivity index (χ2v) is 5.67. The minimum atomic E-state index is -0.902. The van der Waals surface area contributed by atoms with E-state index in [0.29, 0.717) is 11.1 Å². The van der Waals surface area contributed by atoms with Crippen LogP contribution < -0.4 is 0 Å². The van der Waals surface area contributed by atoms with Crippen LogP contribution in [0.15, 0.2) is 54.6 Å². The summed E-state index contributed by atoms with van der Waals surface area (Å²) in [7, 11) is 0. The fraction of sp³-hybridized carbons (Fsp3) is 0.158. The van der Waals surface area contributed by atoms with Gasteiger partial charge in [-0.2, -0.15) is 0 Å². The monoisotopic (exact) mass is 307 g/mol. The lowest BCUT2D eigenvalue weighted by Crippen LogP contribution is -2.06. The van der Waals surface area contributed by atoms with Crippen molar-refractivity contribution in [2.75, 3.05) is 0 Å². The number of fused-ring (bicyclic) bond motifs is 1. The Hall–Kier alpha value is -2.72. The molecule has 0 aromatic heterocycles. The van der Waals surface area contributed by atoms with Gasteiger partial charge in [0.05, 0.1) is 4.92 Å². The van der Waals surface area contributed by atoms with Gasteiger partial charge in [0, 0.05) is 11.6 Å². The Morgan fingerprint density at radius 2 is 1.74 bits per heavy atom. The molecule has 0 radical (unpaired) electrons. The molecule has 0 amide bonds. The molecule has 1 atom stereocenters. The highest BCUT2D eigenvalue weighted by Crippen LogP contribution is 2.35. The van der Waals surface area contributed by atoms with E-state index in [0.717, 1.165) is 21.9 Å². The molecule has 116 valence electrons. The van der Waals surface area contributed by atoms with Crippen molar-refractivity contribution >= 4 is 16.5 Å². The van der Waals surface area contributed by atoms with Crippen molar-refractivity contribution in [1.29, 1.82) is 0 Å². The number of hydrogen-bond donors (Lipinski definition) is 1. The topological polar surface area (TPSA) is 63.4 Å². The van der Waals surface area contributed by atoms with Crippen LogP contribution in [0, 0.1) is 24.0 Å². The number of benzene rings is 3. The average Bonchev–Trinajstić information content (AvgIpc) is 2.54. The third-order valence-electron chi connectivity index (χ3n) is 4.30. The molecule has 0 saturated heterocycles. The van der Waals surface area contributed by atoms with Gasteiger partial charge in [-0.05, 0) is 41.3 Å². The van der Waals surface area contributed by atoms with Gasteiger partial charge in [-0.3, -0.25) is 10.1 Å². The van der Waals surface area contributed by atoms with E-state index in [-0.39, 0.29) is 5.69 Å². The molecule has 0 unspecified atom stereocenters. The number of rotatable bonds is 3. The highest BCUT2D eigenvalue weighted by atomic mass is 16.6. The van der Waals surface area contributed by atoms with Crippen LogP contribution in [-0.4, -0.2) is 10.0 Å². The van der Waals surface area contributed by atoms with Crippen LogP contribution in [0.1, 0.15) is 28.4 Å². The number of aryl methyl sites for hydroxylation is 1. The minimum Gasteiger partial charge on any atom is -0.384 e. The summed E-state index contributed by atoms with van der Waals surface area (Å²) in [6, 6.07) is 16.6. The largest absolute Gasteiger partial charge is 0.384 e. The van der Waals surface area contributed by atoms with Gasteiger partial charge in [-0.1, -0.05) is 48.5 Å². The zero-order valence-electron chi connectivity index (χ0n) is 13.0. The summed E-state index contributed by atoms with van der Waals surface area (Å²) in [6.07, 6.45) is -0.902. The maximum absolute atomic E-state index is 11.1. The Balaban J connectivity index is 2.22. The maximum Gasteiger partial charge on any atom is 0.272 e. The van der Waals surface area contributed by atoms with E-state index in [4.69, 9.17) is 0 Å². The molecule has 0 spiro atoms. The van der Waals surface area contributed by atoms with Crippen molar-refractivity contribution in [3.63, 3.8) is 0 Å². The lowest BCUT2D eigenvalue weighted by atomic mass is 9.90. The van der Waals surface area contributed by atoms with E-state index in [9.17, 15) is 15.2 Å². The Morgan fingerprint density at radius 3 is 2.48 bits per heavy atom. The Morgan fingerprint density at radius 1 is 1.00 bits per heavy atom. The summed E-state index contributed by atoms with van der Waals surface area (Å²) in [5, 5.41) is 24.1. The van der Waals surface area contributed by atoms with Crippen LogP contribution in [0.4, 0.5) is 5.69 Å². The standard InChI is InChI=1S/C19H17NO3/c1-12-10-11-14-6-3-4-7-16(14)18(12)19(21)15-8-5-9-17(13(15)2)20(22)23/h3-11,19,21H,1-2H3/t19-/m1/s1. The smallest absolute Gasteiger partial charge is 0.272 e. The van der Waals surface area contributed by atoms with Crippen LogP contribution in [0.5, 0.6) is 0 Å². The normalized spacial score (nSPS) is 12.3. The van der Waals surface area contributed by atoms with Crippen molar-refractivity contribution in [1.82, 2.24) is 0 Å². The summed E-state index contributed by atoms with van der Waals surface area (Å²) in [5.41, 5.74) is 2.85. The van der Waals surface area contributed by atoms with Gasteiger partial charge < -0.3 is 5.11 Å². The molecule has 0 fully saturated rings. The third-order valence-corrected chi connectivity index (χ3v) is 4.30. The van der Waals surface area contributed by atoms with Crippen LogP contribution >= 0.6 is 0 Å². The second kappa shape index (κ2) is 5.82. The summed E-state index contributed by atoms with van der Waals surface area (Å²) in [6.45, 7) is 3.62. The Labute approximate surface area is 134 Å². The fourth-order valence-corrected chi connectivity index (χ4v) is 3.06. The van der Waals surface area contributed by atoms with Gasteiger partial charge in [-0.25, -0.2) is 0 Å². The predicted molar refractivity (Wildman–Crippen MR) is 90.6 cm³/mol. The van der Waals surface area contributed by atoms with E-state index >= 15 is 0 Å². The molecule has 0 aliphatic heterocycles. The highest BCUT2D eigenvalue weighted by Gasteiger charge is 2.22. The highest BCUT2D eigenvalue weighted by molar-refractivity contribution is 5.87. The fourth-order valence-electron chi connectivity index (χ4n) is 3.06. The number of hydrogen-bond acceptors (Lipinski definition) is 3. The minimum absolute atomic E-state index is 0.0273. The SMILES string of the molecule is Cc1ccc2ccccc2c1[C@H](O)c1cccc([N+](=O)[O-])c1C. The first-order valence-electron chi connectivity index (χ1n) is 7.41. The van der Waals surface area contributed by atoms with Crippen molar-refractivity contribution in [2.45, 2.75) is 20.0 Å². The van der Waals surface area contributed by atoms with Crippen molar-refractivity contribution in [3.8, 4) is 0 Å². The molecule has 0 aliphatic carbocycles. The molecule has 23 heavy (non-hydrogen) atoms. The number of nitrogens with zero attached hydrogens (tertiary/aromatic N) is 1. The summed E-state index contributed by atoms with van der Waals surface area (Å²) in [5.74, 6) is 0. The molecule has 3 rings (SSSR count). The number of nitro groups is 1. The Bertz CT molecular complexity index is 902. The summed E-state index contributed by atoms with van der Waals surface area (Å²) >= 11 is 0. The van der Waals surface area contributed by atoms with E-state index < -0.39 is 11.0 Å². The van der Waals surface area contributed by atoms with Crippen LogP contribution in [-0.2, 0) is 0 Å². The van der Waals surface area contributed by atoms with Crippen LogP contribution in [0.25, 0.3) is 10.8 Å². The first-order valence-corrected chi connectivity index (χ1v) is 7.41. The lowest BCUT2D eigenvalue weighted by Gasteiger charge is -2.18. The van der Waals surface area contributed by atoms with Gasteiger partial charge in [0.2, 0.25) is 0 Å². The Kier molecular flexibility index (Phi) is 3.84. The van der Waals surface area contributed by atoms with Gasteiger partial charge in [-0.15, -0.1) is 0 Å². The molecule has 0 aliphatic rings. The second-order valence-electron chi connectivity index (χ2n) is 5.67. The molecule has 4 nitrogen and oxygen atoms in total. The zero-order valence-corrected chi connectivity index (χ0v) is 13.0. The third kappa shape index (κ3) is 2.58. The molecule has 4 heteroatoms. The number of aliphatic hydroxyl groups excluding tert-OH is 1. The molecule has 0 bridgehead atoms. The summed E-state index contributed by atoms with van der Waals surface area (Å²) in [4.78, 5) is 10.7. The predicted octanol–water partition coefficient (Wildman–Crippen LogP) is 4.45. The molecule has 0 saturated carbocycles. The molecule has 1 N–H and O–H groups in total. The van der Waals surface area contributed by atoms with E-state index in [1.54, 1.807) is 19.1 Å². The van der Waals surface area contributed by atoms with Crippen molar-refractivity contribution < 1.29 is 10.0 Å². The van der Waals surface area contributed by atoms with E-state index in [1.807, 2.05) is 43.3 Å². The maximum atomic E-state index is 11.1. The average molecular weight is 307 g/mol. The van der Waals surface area contributed by atoms with Crippen molar-refractivity contribution in [2.24, 2.45) is 0 Å².